The summed E-state index contributed by atoms with van der Waals surface area (Å²) in [4.78, 5) is 20.1. The van der Waals surface area contributed by atoms with E-state index in [1.165, 1.54) is 5.56 Å². The van der Waals surface area contributed by atoms with Gasteiger partial charge in [0.25, 0.3) is 0 Å². The molecule has 0 fully saturated rings. The van der Waals surface area contributed by atoms with Crippen molar-refractivity contribution in [2.75, 3.05) is 18.6 Å². The first kappa shape index (κ1) is 20.1. The van der Waals surface area contributed by atoms with Crippen LogP contribution in [0.4, 0.5) is 5.69 Å². The predicted octanol–water partition coefficient (Wildman–Crippen LogP) is 4.60. The van der Waals surface area contributed by atoms with E-state index in [2.05, 4.69) is 6.07 Å². The maximum absolute atomic E-state index is 13.4. The lowest BCUT2D eigenvalue weighted by molar-refractivity contribution is -0.119. The van der Waals surface area contributed by atoms with Crippen LogP contribution in [0.5, 0.6) is 11.5 Å². The standard InChI is InChI=1S/C26H25N3O3/c1-31-23-14-6-7-15-24(23)32-18-25-27-20-11-3-5-13-22(20)29(25)17-26(30)28-16-8-10-19-9-2-4-12-21(19)28/h2-7,9,11-15H,8,10,16-18H2,1H3. The fraction of sp³-hybridized carbons (Fsp3) is 0.231. The molecule has 162 valence electrons. The van der Waals surface area contributed by atoms with E-state index in [1.807, 2.05) is 76.2 Å². The summed E-state index contributed by atoms with van der Waals surface area (Å²) in [5, 5.41) is 0. The zero-order chi connectivity index (χ0) is 21.9. The Kier molecular flexibility index (Phi) is 5.50. The van der Waals surface area contributed by atoms with Gasteiger partial charge in [0.15, 0.2) is 11.5 Å². The van der Waals surface area contributed by atoms with E-state index in [0.717, 1.165) is 36.1 Å². The van der Waals surface area contributed by atoms with Crippen molar-refractivity contribution < 1.29 is 14.3 Å². The summed E-state index contributed by atoms with van der Waals surface area (Å²) in [7, 11) is 1.62. The largest absolute Gasteiger partial charge is 0.493 e. The van der Waals surface area contributed by atoms with Crippen LogP contribution in [-0.4, -0.2) is 29.1 Å². The molecule has 32 heavy (non-hydrogen) atoms. The molecule has 0 saturated heterocycles. The highest BCUT2D eigenvalue weighted by atomic mass is 16.5. The average Bonchev–Trinajstić information content (AvgIpc) is 3.19. The summed E-state index contributed by atoms with van der Waals surface area (Å²) in [6.45, 7) is 1.17. The van der Waals surface area contributed by atoms with Crippen LogP contribution in [0, 0.1) is 0 Å². The number of aryl methyl sites for hydroxylation is 1. The smallest absolute Gasteiger partial charge is 0.246 e. The monoisotopic (exact) mass is 427 g/mol. The van der Waals surface area contributed by atoms with E-state index >= 15 is 0 Å². The highest BCUT2D eigenvalue weighted by Crippen LogP contribution is 2.29. The lowest BCUT2D eigenvalue weighted by atomic mass is 10.0. The van der Waals surface area contributed by atoms with Gasteiger partial charge in [0.1, 0.15) is 19.0 Å². The van der Waals surface area contributed by atoms with Crippen LogP contribution in [0.2, 0.25) is 0 Å². The zero-order valence-corrected chi connectivity index (χ0v) is 18.0. The number of hydrogen-bond donors (Lipinski definition) is 0. The van der Waals surface area contributed by atoms with Gasteiger partial charge in [-0.1, -0.05) is 42.5 Å². The number of methoxy groups -OCH3 is 1. The van der Waals surface area contributed by atoms with E-state index in [4.69, 9.17) is 14.5 Å². The Balaban J connectivity index is 1.44. The van der Waals surface area contributed by atoms with Crippen molar-refractivity contribution in [3.63, 3.8) is 0 Å². The molecule has 2 heterocycles. The third-order valence-electron chi connectivity index (χ3n) is 5.86. The molecule has 1 aromatic heterocycles. The SMILES string of the molecule is COc1ccccc1OCc1nc2ccccc2n1CC(=O)N1CCCc2ccccc21. The van der Waals surface area contributed by atoms with Gasteiger partial charge in [-0.05, 0) is 48.7 Å². The van der Waals surface area contributed by atoms with Crippen molar-refractivity contribution in [3.05, 3.63) is 84.2 Å². The number of ether oxygens (including phenoxy) is 2. The Morgan fingerprint density at radius 1 is 0.969 bits per heavy atom. The van der Waals surface area contributed by atoms with Crippen LogP contribution < -0.4 is 14.4 Å². The molecular formula is C26H25N3O3. The topological polar surface area (TPSA) is 56.6 Å². The molecule has 1 aliphatic heterocycles. The molecule has 0 bridgehead atoms. The minimum absolute atomic E-state index is 0.0545. The fourth-order valence-electron chi connectivity index (χ4n) is 4.31. The van der Waals surface area contributed by atoms with Gasteiger partial charge >= 0.3 is 0 Å². The van der Waals surface area contributed by atoms with Crippen LogP contribution in [0.15, 0.2) is 72.8 Å². The van der Waals surface area contributed by atoms with Gasteiger partial charge < -0.3 is 18.9 Å². The number of aromatic nitrogens is 2. The molecule has 3 aromatic carbocycles. The first-order valence-electron chi connectivity index (χ1n) is 10.8. The molecule has 0 saturated carbocycles. The van der Waals surface area contributed by atoms with Crippen molar-refractivity contribution in [3.8, 4) is 11.5 Å². The normalized spacial score (nSPS) is 13.1. The van der Waals surface area contributed by atoms with Gasteiger partial charge in [-0.15, -0.1) is 0 Å². The molecular weight excluding hydrogens is 402 g/mol. The second kappa shape index (κ2) is 8.75. The van der Waals surface area contributed by atoms with Crippen molar-refractivity contribution in [1.82, 2.24) is 9.55 Å². The number of benzene rings is 3. The predicted molar refractivity (Wildman–Crippen MR) is 124 cm³/mol. The van der Waals surface area contributed by atoms with Crippen LogP contribution in [-0.2, 0) is 24.4 Å². The first-order valence-corrected chi connectivity index (χ1v) is 10.8. The maximum atomic E-state index is 13.4. The number of carbonyl (C=O) groups excluding carboxylic acids is 1. The Bertz CT molecular complexity index is 1260. The summed E-state index contributed by atoms with van der Waals surface area (Å²) in [5.74, 6) is 2.07. The van der Waals surface area contributed by atoms with Crippen molar-refractivity contribution in [1.29, 1.82) is 0 Å². The quantitative estimate of drug-likeness (QED) is 0.451. The van der Waals surface area contributed by atoms with Gasteiger partial charge in [-0.25, -0.2) is 4.98 Å². The minimum atomic E-state index is 0.0545. The number of carbonyl (C=O) groups is 1. The molecule has 0 radical (unpaired) electrons. The lowest BCUT2D eigenvalue weighted by Crippen LogP contribution is -2.38. The highest BCUT2D eigenvalue weighted by molar-refractivity contribution is 5.95. The molecule has 1 aliphatic rings. The first-order chi connectivity index (χ1) is 15.7. The molecule has 0 spiro atoms. The molecule has 6 heteroatoms. The van der Waals surface area contributed by atoms with Crippen LogP contribution in [0.25, 0.3) is 11.0 Å². The average molecular weight is 428 g/mol. The number of hydrogen-bond acceptors (Lipinski definition) is 4. The summed E-state index contributed by atoms with van der Waals surface area (Å²) in [6, 6.07) is 23.5. The molecule has 0 aliphatic carbocycles. The Labute approximate surface area is 187 Å². The number of anilines is 1. The van der Waals surface area contributed by atoms with E-state index < -0.39 is 0 Å². The van der Waals surface area contributed by atoms with Gasteiger partial charge in [-0.2, -0.15) is 0 Å². The number of imidazole rings is 1. The number of fused-ring (bicyclic) bond motifs is 2. The van der Waals surface area contributed by atoms with Crippen molar-refractivity contribution >= 4 is 22.6 Å². The van der Waals surface area contributed by atoms with Gasteiger partial charge in [0.2, 0.25) is 5.91 Å². The third-order valence-corrected chi connectivity index (χ3v) is 5.86. The fourth-order valence-corrected chi connectivity index (χ4v) is 4.31. The molecule has 6 nitrogen and oxygen atoms in total. The summed E-state index contributed by atoms with van der Waals surface area (Å²) >= 11 is 0. The number of nitrogens with zero attached hydrogens (tertiary/aromatic N) is 3. The Hall–Kier alpha value is -3.80. The van der Waals surface area contributed by atoms with Crippen molar-refractivity contribution in [2.45, 2.75) is 26.0 Å². The van der Waals surface area contributed by atoms with E-state index in [-0.39, 0.29) is 19.1 Å². The second-order valence-corrected chi connectivity index (χ2v) is 7.82. The molecule has 0 unspecified atom stereocenters. The zero-order valence-electron chi connectivity index (χ0n) is 18.0. The second-order valence-electron chi connectivity index (χ2n) is 7.82. The Morgan fingerprint density at radius 2 is 1.72 bits per heavy atom. The summed E-state index contributed by atoms with van der Waals surface area (Å²) < 4.78 is 13.4. The molecule has 1 amide bonds. The molecule has 0 N–H and O–H groups in total. The van der Waals surface area contributed by atoms with E-state index in [1.54, 1.807) is 7.11 Å². The Morgan fingerprint density at radius 3 is 2.59 bits per heavy atom. The van der Waals surface area contributed by atoms with Crippen molar-refractivity contribution in [2.24, 2.45) is 0 Å². The van der Waals surface area contributed by atoms with Crippen LogP contribution in [0.1, 0.15) is 17.8 Å². The molecule has 5 rings (SSSR count). The van der Waals surface area contributed by atoms with Crippen LogP contribution >= 0.6 is 0 Å². The van der Waals surface area contributed by atoms with E-state index in [9.17, 15) is 4.79 Å². The summed E-state index contributed by atoms with van der Waals surface area (Å²) in [5.41, 5.74) is 4.00. The summed E-state index contributed by atoms with van der Waals surface area (Å²) in [6.07, 6.45) is 1.98. The van der Waals surface area contributed by atoms with Gasteiger partial charge in [-0.3, -0.25) is 4.79 Å². The van der Waals surface area contributed by atoms with Gasteiger partial charge in [0.05, 0.1) is 18.1 Å². The number of rotatable bonds is 6. The van der Waals surface area contributed by atoms with Crippen LogP contribution in [0.3, 0.4) is 0 Å². The maximum Gasteiger partial charge on any atom is 0.246 e. The van der Waals surface area contributed by atoms with Gasteiger partial charge in [0, 0.05) is 12.2 Å². The number of para-hydroxylation sites is 5. The third kappa shape index (κ3) is 3.80. The molecule has 0 atom stereocenters. The highest BCUT2D eigenvalue weighted by Gasteiger charge is 2.24. The lowest BCUT2D eigenvalue weighted by Gasteiger charge is -2.29. The number of amides is 1. The minimum Gasteiger partial charge on any atom is -0.493 e. The molecule has 4 aromatic rings. The van der Waals surface area contributed by atoms with E-state index in [0.29, 0.717) is 17.3 Å².